The molecule has 1 aliphatic rings. The van der Waals surface area contributed by atoms with E-state index in [1.54, 1.807) is 12.3 Å². The number of aromatic amines is 1. The van der Waals surface area contributed by atoms with Crippen molar-refractivity contribution in [2.75, 3.05) is 5.32 Å². The van der Waals surface area contributed by atoms with Crippen LogP contribution in [0.4, 0.5) is 5.95 Å². The molecule has 3 aromatic rings. The number of fused-ring (bicyclic) bond motifs is 3. The van der Waals surface area contributed by atoms with Crippen LogP contribution < -0.4 is 10.9 Å². The van der Waals surface area contributed by atoms with E-state index in [-0.39, 0.29) is 11.3 Å². The standard InChI is InChI=1S/C16H14N4O3/c21-12-5-1-4-10-11(12)8-17-14-13(10)15(22)20-16(19-14)18-7-9-3-2-6-23-9/h2-3,6,8H,1,4-5,7H2,(H2,17,18,19,20,22). The molecule has 0 aliphatic heterocycles. The zero-order valence-electron chi connectivity index (χ0n) is 12.3. The summed E-state index contributed by atoms with van der Waals surface area (Å²) >= 11 is 0. The zero-order valence-corrected chi connectivity index (χ0v) is 12.3. The Balaban J connectivity index is 1.75. The molecule has 0 saturated heterocycles. The third-order valence-electron chi connectivity index (χ3n) is 3.98. The summed E-state index contributed by atoms with van der Waals surface area (Å²) in [6.45, 7) is 0.408. The average molecular weight is 310 g/mol. The molecule has 0 atom stereocenters. The molecule has 0 amide bonds. The van der Waals surface area contributed by atoms with E-state index in [1.165, 1.54) is 6.20 Å². The Morgan fingerprint density at radius 2 is 2.22 bits per heavy atom. The average Bonchev–Trinajstić information content (AvgIpc) is 3.06. The molecular weight excluding hydrogens is 296 g/mol. The molecule has 7 nitrogen and oxygen atoms in total. The van der Waals surface area contributed by atoms with Crippen LogP contribution in [-0.4, -0.2) is 20.7 Å². The van der Waals surface area contributed by atoms with Crippen LogP contribution in [0.5, 0.6) is 0 Å². The van der Waals surface area contributed by atoms with Gasteiger partial charge in [-0.3, -0.25) is 14.6 Å². The van der Waals surface area contributed by atoms with Crippen molar-refractivity contribution < 1.29 is 9.21 Å². The number of rotatable bonds is 3. The number of hydrogen-bond acceptors (Lipinski definition) is 6. The Hall–Kier alpha value is -2.96. The molecule has 0 bridgehead atoms. The number of aryl methyl sites for hydroxylation is 1. The molecule has 7 heteroatoms. The summed E-state index contributed by atoms with van der Waals surface area (Å²) in [5, 5.41) is 3.42. The van der Waals surface area contributed by atoms with Crippen LogP contribution in [0.1, 0.15) is 34.5 Å². The van der Waals surface area contributed by atoms with Gasteiger partial charge in [-0.1, -0.05) is 0 Å². The number of nitrogens with zero attached hydrogens (tertiary/aromatic N) is 2. The summed E-state index contributed by atoms with van der Waals surface area (Å²) in [7, 11) is 0. The number of pyridine rings is 1. The maximum absolute atomic E-state index is 12.4. The maximum atomic E-state index is 12.4. The van der Waals surface area contributed by atoms with E-state index in [0.29, 0.717) is 41.9 Å². The van der Waals surface area contributed by atoms with E-state index in [9.17, 15) is 9.59 Å². The predicted octanol–water partition coefficient (Wildman–Crippen LogP) is 2.04. The predicted molar refractivity (Wildman–Crippen MR) is 83.5 cm³/mol. The second kappa shape index (κ2) is 5.35. The lowest BCUT2D eigenvalue weighted by atomic mass is 9.90. The number of H-pyrrole nitrogens is 1. The van der Waals surface area contributed by atoms with Crippen molar-refractivity contribution in [3.05, 3.63) is 51.8 Å². The fraction of sp³-hybridized carbons (Fsp3) is 0.250. The summed E-state index contributed by atoms with van der Waals surface area (Å²) in [4.78, 5) is 35.6. The van der Waals surface area contributed by atoms with E-state index in [0.717, 1.165) is 17.7 Å². The molecule has 4 rings (SSSR count). The van der Waals surface area contributed by atoms with E-state index in [1.807, 2.05) is 6.07 Å². The van der Waals surface area contributed by atoms with Gasteiger partial charge in [0.2, 0.25) is 5.95 Å². The molecule has 0 radical (unpaired) electrons. The van der Waals surface area contributed by atoms with Crippen molar-refractivity contribution in [1.29, 1.82) is 0 Å². The normalized spacial score (nSPS) is 14.0. The van der Waals surface area contributed by atoms with Gasteiger partial charge in [-0.05, 0) is 30.5 Å². The Labute approximate surface area is 130 Å². The van der Waals surface area contributed by atoms with Crippen LogP contribution in [0.2, 0.25) is 0 Å². The van der Waals surface area contributed by atoms with Crippen LogP contribution >= 0.6 is 0 Å². The highest BCUT2D eigenvalue weighted by molar-refractivity contribution is 6.01. The SMILES string of the molecule is O=C1CCCc2c1cnc1nc(NCc3ccco3)[nH]c(=O)c21. The van der Waals surface area contributed by atoms with Crippen LogP contribution in [-0.2, 0) is 13.0 Å². The number of aromatic nitrogens is 3. The van der Waals surface area contributed by atoms with E-state index in [2.05, 4.69) is 20.3 Å². The fourth-order valence-corrected chi connectivity index (χ4v) is 2.89. The lowest BCUT2D eigenvalue weighted by Gasteiger charge is -2.15. The van der Waals surface area contributed by atoms with Crippen molar-refractivity contribution in [2.24, 2.45) is 0 Å². The minimum absolute atomic E-state index is 0.0417. The topological polar surface area (TPSA) is 101 Å². The van der Waals surface area contributed by atoms with Crippen LogP contribution in [0.3, 0.4) is 0 Å². The molecule has 116 valence electrons. The molecule has 1 aliphatic carbocycles. The van der Waals surface area contributed by atoms with Crippen molar-refractivity contribution in [3.8, 4) is 0 Å². The summed E-state index contributed by atoms with van der Waals surface area (Å²) in [6, 6.07) is 3.62. The van der Waals surface area contributed by atoms with Crippen LogP contribution in [0.15, 0.2) is 33.8 Å². The number of ketones is 1. The summed E-state index contributed by atoms with van der Waals surface area (Å²) in [6.07, 6.45) is 5.07. The number of furan rings is 1. The highest BCUT2D eigenvalue weighted by Crippen LogP contribution is 2.25. The van der Waals surface area contributed by atoms with Gasteiger partial charge in [-0.2, -0.15) is 4.98 Å². The van der Waals surface area contributed by atoms with Gasteiger partial charge < -0.3 is 9.73 Å². The number of Topliss-reactive ketones (excluding diaryl/α,β-unsaturated/α-hetero) is 1. The third kappa shape index (κ3) is 2.40. The Morgan fingerprint density at radius 3 is 3.04 bits per heavy atom. The largest absolute Gasteiger partial charge is 0.467 e. The monoisotopic (exact) mass is 310 g/mol. The molecule has 0 aromatic carbocycles. The van der Waals surface area contributed by atoms with Gasteiger partial charge in [0.25, 0.3) is 5.56 Å². The smallest absolute Gasteiger partial charge is 0.262 e. The molecule has 3 aromatic heterocycles. The first-order chi connectivity index (χ1) is 11.2. The second-order valence-corrected chi connectivity index (χ2v) is 5.47. The van der Waals surface area contributed by atoms with E-state index >= 15 is 0 Å². The number of anilines is 1. The van der Waals surface area contributed by atoms with Gasteiger partial charge in [0.1, 0.15) is 5.76 Å². The van der Waals surface area contributed by atoms with Crippen molar-refractivity contribution in [3.63, 3.8) is 0 Å². The van der Waals surface area contributed by atoms with Gasteiger partial charge in [-0.15, -0.1) is 0 Å². The Bertz CT molecular complexity index is 944. The van der Waals surface area contributed by atoms with Gasteiger partial charge in [0.15, 0.2) is 11.4 Å². The van der Waals surface area contributed by atoms with Crippen molar-refractivity contribution in [2.45, 2.75) is 25.8 Å². The van der Waals surface area contributed by atoms with Gasteiger partial charge >= 0.3 is 0 Å². The molecule has 2 N–H and O–H groups in total. The van der Waals surface area contributed by atoms with Crippen molar-refractivity contribution >= 4 is 22.8 Å². The minimum atomic E-state index is -0.281. The second-order valence-electron chi connectivity index (χ2n) is 5.47. The van der Waals surface area contributed by atoms with Crippen LogP contribution in [0, 0.1) is 0 Å². The number of carbonyl (C=O) groups is 1. The van der Waals surface area contributed by atoms with Gasteiger partial charge in [-0.25, -0.2) is 4.98 Å². The molecule has 0 fully saturated rings. The number of nitrogens with one attached hydrogen (secondary N) is 2. The van der Waals surface area contributed by atoms with Gasteiger partial charge in [0.05, 0.1) is 18.2 Å². The quantitative estimate of drug-likeness (QED) is 0.767. The van der Waals surface area contributed by atoms with Gasteiger partial charge in [0, 0.05) is 18.2 Å². The molecule has 23 heavy (non-hydrogen) atoms. The maximum Gasteiger partial charge on any atom is 0.262 e. The number of carbonyl (C=O) groups excluding carboxylic acids is 1. The third-order valence-corrected chi connectivity index (χ3v) is 3.98. The Kier molecular flexibility index (Phi) is 3.18. The summed E-state index contributed by atoms with van der Waals surface area (Å²) in [5.74, 6) is 1.10. The zero-order chi connectivity index (χ0) is 15.8. The lowest BCUT2D eigenvalue weighted by Crippen LogP contribution is -2.19. The number of hydrogen-bond donors (Lipinski definition) is 2. The first-order valence-electron chi connectivity index (χ1n) is 7.44. The highest BCUT2D eigenvalue weighted by atomic mass is 16.3. The van der Waals surface area contributed by atoms with Crippen molar-refractivity contribution in [1.82, 2.24) is 15.0 Å². The molecule has 0 unspecified atom stereocenters. The molecular formula is C16H14N4O3. The Morgan fingerprint density at radius 1 is 1.30 bits per heavy atom. The summed E-state index contributed by atoms with van der Waals surface area (Å²) in [5.41, 5.74) is 1.38. The fourth-order valence-electron chi connectivity index (χ4n) is 2.89. The summed E-state index contributed by atoms with van der Waals surface area (Å²) < 4.78 is 5.22. The molecule has 0 saturated carbocycles. The highest BCUT2D eigenvalue weighted by Gasteiger charge is 2.22. The first kappa shape index (κ1) is 13.7. The molecule has 0 spiro atoms. The van der Waals surface area contributed by atoms with E-state index < -0.39 is 0 Å². The molecule has 3 heterocycles. The van der Waals surface area contributed by atoms with E-state index in [4.69, 9.17) is 4.42 Å². The minimum Gasteiger partial charge on any atom is -0.467 e. The van der Waals surface area contributed by atoms with Crippen LogP contribution in [0.25, 0.3) is 11.0 Å². The lowest BCUT2D eigenvalue weighted by molar-refractivity contribution is 0.0972. The first-order valence-corrected chi connectivity index (χ1v) is 7.44.